The number of nitrogens with one attached hydrogen (secondary N) is 2. The van der Waals surface area contributed by atoms with Crippen molar-refractivity contribution < 1.29 is 13.9 Å². The topological polar surface area (TPSA) is 67.0 Å². The van der Waals surface area contributed by atoms with Gasteiger partial charge in [0.05, 0.1) is 17.0 Å². The molecule has 140 valence electrons. The molecule has 5 nitrogen and oxygen atoms in total. The summed E-state index contributed by atoms with van der Waals surface area (Å²) in [6.07, 6.45) is 1.82. The van der Waals surface area contributed by atoms with Gasteiger partial charge in [0.2, 0.25) is 0 Å². The van der Waals surface area contributed by atoms with Crippen LogP contribution in [-0.2, 0) is 6.61 Å². The van der Waals surface area contributed by atoms with Gasteiger partial charge in [-0.25, -0.2) is 9.37 Å². The van der Waals surface area contributed by atoms with Crippen LogP contribution in [0.4, 0.5) is 9.52 Å². The maximum Gasteiger partial charge on any atom is 0.261 e. The molecule has 0 saturated carbocycles. The Bertz CT molecular complexity index is 1080. The summed E-state index contributed by atoms with van der Waals surface area (Å²) in [4.78, 5) is 20.2. The van der Waals surface area contributed by atoms with Crippen LogP contribution >= 0.6 is 11.3 Å². The van der Waals surface area contributed by atoms with Crippen molar-refractivity contribution in [2.75, 3.05) is 5.32 Å². The number of benzene rings is 2. The van der Waals surface area contributed by atoms with Crippen LogP contribution in [0, 0.1) is 5.82 Å². The van der Waals surface area contributed by atoms with Crippen LogP contribution in [-0.4, -0.2) is 15.9 Å². The lowest BCUT2D eigenvalue weighted by Crippen LogP contribution is -2.13. The molecule has 0 aliphatic carbocycles. The number of hydrogen-bond acceptors (Lipinski definition) is 4. The molecule has 1 amide bonds. The van der Waals surface area contributed by atoms with Gasteiger partial charge >= 0.3 is 0 Å². The van der Waals surface area contributed by atoms with Gasteiger partial charge in [-0.15, -0.1) is 11.3 Å². The first-order valence-corrected chi connectivity index (χ1v) is 9.44. The number of halogens is 1. The van der Waals surface area contributed by atoms with Crippen LogP contribution in [0.3, 0.4) is 0 Å². The fourth-order valence-corrected chi connectivity index (χ4v) is 3.34. The zero-order valence-corrected chi connectivity index (χ0v) is 15.5. The van der Waals surface area contributed by atoms with E-state index in [1.54, 1.807) is 36.4 Å². The standard InChI is InChI=1S/C21H16FN3O2S/c22-15-9-7-14(8-10-15)12-27-19-6-2-1-4-16(19)20(26)25-21-24-18(13-28-21)17-5-3-11-23-17/h1-11,13,23H,12H2,(H,24,25,26). The van der Waals surface area contributed by atoms with E-state index < -0.39 is 0 Å². The third-order valence-corrected chi connectivity index (χ3v) is 4.80. The van der Waals surface area contributed by atoms with Gasteiger partial charge in [0.25, 0.3) is 5.91 Å². The Hall–Kier alpha value is -3.45. The van der Waals surface area contributed by atoms with Crippen molar-refractivity contribution in [3.05, 3.63) is 89.2 Å². The molecular weight excluding hydrogens is 377 g/mol. The van der Waals surface area contributed by atoms with E-state index in [-0.39, 0.29) is 18.3 Å². The van der Waals surface area contributed by atoms with Gasteiger partial charge in [0.15, 0.2) is 5.13 Å². The Labute approximate surface area is 164 Å². The van der Waals surface area contributed by atoms with E-state index in [0.717, 1.165) is 17.0 Å². The van der Waals surface area contributed by atoms with Gasteiger partial charge in [-0.05, 0) is 42.0 Å². The molecular formula is C21H16FN3O2S. The second kappa shape index (κ2) is 8.06. The van der Waals surface area contributed by atoms with Crippen molar-refractivity contribution in [1.82, 2.24) is 9.97 Å². The summed E-state index contributed by atoms with van der Waals surface area (Å²) in [5.41, 5.74) is 2.87. The molecule has 0 aliphatic heterocycles. The predicted molar refractivity (Wildman–Crippen MR) is 107 cm³/mol. The maximum absolute atomic E-state index is 13.0. The molecule has 0 fully saturated rings. The number of hydrogen-bond donors (Lipinski definition) is 2. The monoisotopic (exact) mass is 393 g/mol. The van der Waals surface area contributed by atoms with Gasteiger partial charge in [-0.3, -0.25) is 10.1 Å². The number of carbonyl (C=O) groups excluding carboxylic acids is 1. The predicted octanol–water partition coefficient (Wildman–Crippen LogP) is 5.11. The Kier molecular flexibility index (Phi) is 5.16. The molecule has 7 heteroatoms. The van der Waals surface area contributed by atoms with Crippen molar-refractivity contribution in [3.8, 4) is 17.1 Å². The van der Waals surface area contributed by atoms with E-state index in [2.05, 4.69) is 15.3 Å². The summed E-state index contributed by atoms with van der Waals surface area (Å²) < 4.78 is 18.8. The number of rotatable bonds is 6. The SMILES string of the molecule is O=C(Nc1nc(-c2ccc[nH]2)cs1)c1ccccc1OCc1ccc(F)cc1. The summed E-state index contributed by atoms with van der Waals surface area (Å²) in [7, 11) is 0. The zero-order valence-electron chi connectivity index (χ0n) is 14.7. The normalized spacial score (nSPS) is 10.6. The molecule has 0 radical (unpaired) electrons. The summed E-state index contributed by atoms with van der Waals surface area (Å²) >= 11 is 1.35. The first-order valence-electron chi connectivity index (χ1n) is 8.56. The van der Waals surface area contributed by atoms with Crippen LogP contribution in [0.5, 0.6) is 5.75 Å². The Morgan fingerprint density at radius 1 is 1.11 bits per heavy atom. The number of nitrogens with zero attached hydrogens (tertiary/aromatic N) is 1. The van der Waals surface area contributed by atoms with Gasteiger partial charge in [0.1, 0.15) is 18.2 Å². The number of H-pyrrole nitrogens is 1. The van der Waals surface area contributed by atoms with E-state index in [1.165, 1.54) is 23.5 Å². The Balaban J connectivity index is 1.46. The summed E-state index contributed by atoms with van der Waals surface area (Å²) in [6.45, 7) is 0.235. The van der Waals surface area contributed by atoms with Crippen molar-refractivity contribution in [2.24, 2.45) is 0 Å². The fourth-order valence-electron chi connectivity index (χ4n) is 2.63. The molecule has 2 N–H and O–H groups in total. The summed E-state index contributed by atoms with van der Waals surface area (Å²) in [6, 6.07) is 16.8. The van der Waals surface area contributed by atoms with Crippen LogP contribution in [0.1, 0.15) is 15.9 Å². The molecule has 0 atom stereocenters. The van der Waals surface area contributed by atoms with Crippen LogP contribution in [0.2, 0.25) is 0 Å². The average Bonchev–Trinajstić information content (AvgIpc) is 3.39. The molecule has 0 unspecified atom stereocenters. The van der Waals surface area contributed by atoms with Crippen molar-refractivity contribution >= 4 is 22.4 Å². The minimum Gasteiger partial charge on any atom is -0.488 e. The summed E-state index contributed by atoms with van der Waals surface area (Å²) in [5.74, 6) is -0.154. The lowest BCUT2D eigenvalue weighted by atomic mass is 10.2. The molecule has 2 aromatic carbocycles. The van der Waals surface area contributed by atoms with Crippen LogP contribution in [0.25, 0.3) is 11.4 Å². The zero-order chi connectivity index (χ0) is 19.3. The fraction of sp³-hybridized carbons (Fsp3) is 0.0476. The highest BCUT2D eigenvalue weighted by Gasteiger charge is 2.15. The maximum atomic E-state index is 13.0. The van der Waals surface area contributed by atoms with Crippen molar-refractivity contribution in [3.63, 3.8) is 0 Å². The lowest BCUT2D eigenvalue weighted by molar-refractivity contribution is 0.102. The third-order valence-electron chi connectivity index (χ3n) is 4.04. The third kappa shape index (κ3) is 4.10. The Morgan fingerprint density at radius 2 is 1.93 bits per heavy atom. The molecule has 2 aromatic heterocycles. The van der Waals surface area contributed by atoms with Crippen LogP contribution < -0.4 is 10.1 Å². The number of para-hydroxylation sites is 1. The number of ether oxygens (including phenoxy) is 1. The molecule has 4 rings (SSSR count). The molecule has 0 bridgehead atoms. The van der Waals surface area contributed by atoms with Crippen LogP contribution in [0.15, 0.2) is 72.2 Å². The largest absolute Gasteiger partial charge is 0.488 e. The molecule has 4 aromatic rings. The van der Waals surface area contributed by atoms with E-state index >= 15 is 0 Å². The minimum atomic E-state index is -0.304. The van der Waals surface area contributed by atoms with Crippen molar-refractivity contribution in [1.29, 1.82) is 0 Å². The van der Waals surface area contributed by atoms with E-state index in [4.69, 9.17) is 4.74 Å². The van der Waals surface area contributed by atoms with E-state index in [9.17, 15) is 9.18 Å². The van der Waals surface area contributed by atoms with Gasteiger partial charge in [0, 0.05) is 11.6 Å². The lowest BCUT2D eigenvalue weighted by Gasteiger charge is -2.11. The first-order chi connectivity index (χ1) is 13.7. The number of thiazole rings is 1. The highest BCUT2D eigenvalue weighted by atomic mass is 32.1. The van der Waals surface area contributed by atoms with Gasteiger partial charge in [-0.1, -0.05) is 24.3 Å². The number of anilines is 1. The van der Waals surface area contributed by atoms with E-state index in [0.29, 0.717) is 16.4 Å². The van der Waals surface area contributed by atoms with E-state index in [1.807, 2.05) is 23.7 Å². The Morgan fingerprint density at radius 3 is 2.71 bits per heavy atom. The highest BCUT2D eigenvalue weighted by Crippen LogP contribution is 2.25. The molecule has 0 saturated heterocycles. The summed E-state index contributed by atoms with van der Waals surface area (Å²) in [5, 5.41) is 5.19. The molecule has 28 heavy (non-hydrogen) atoms. The second-order valence-electron chi connectivity index (χ2n) is 5.99. The molecule has 0 aliphatic rings. The second-order valence-corrected chi connectivity index (χ2v) is 6.85. The number of carbonyl (C=O) groups is 1. The minimum absolute atomic E-state index is 0.235. The number of aromatic nitrogens is 2. The number of amides is 1. The average molecular weight is 393 g/mol. The number of aromatic amines is 1. The molecule has 0 spiro atoms. The quantitative estimate of drug-likeness (QED) is 0.478. The highest BCUT2D eigenvalue weighted by molar-refractivity contribution is 7.14. The smallest absolute Gasteiger partial charge is 0.261 e. The molecule has 2 heterocycles. The van der Waals surface area contributed by atoms with Gasteiger partial charge in [-0.2, -0.15) is 0 Å². The van der Waals surface area contributed by atoms with Crippen molar-refractivity contribution in [2.45, 2.75) is 6.61 Å². The first kappa shape index (κ1) is 17.9. The van der Waals surface area contributed by atoms with Gasteiger partial charge < -0.3 is 9.72 Å².